The van der Waals surface area contributed by atoms with Crippen molar-refractivity contribution in [3.05, 3.63) is 23.8 Å². The highest BCUT2D eigenvalue weighted by Gasteiger charge is 2.04. The Bertz CT molecular complexity index is 438. The van der Waals surface area contributed by atoms with Gasteiger partial charge in [-0.25, -0.2) is 0 Å². The van der Waals surface area contributed by atoms with E-state index in [2.05, 4.69) is 5.32 Å². The van der Waals surface area contributed by atoms with Gasteiger partial charge >= 0.3 is 5.97 Å². The van der Waals surface area contributed by atoms with Crippen molar-refractivity contribution in [3.63, 3.8) is 0 Å². The molecule has 0 saturated carbocycles. The first-order valence-corrected chi connectivity index (χ1v) is 5.21. The van der Waals surface area contributed by atoms with Crippen LogP contribution in [0.4, 0.5) is 5.69 Å². The zero-order valence-electron chi connectivity index (χ0n) is 9.56. The second-order valence-corrected chi connectivity index (χ2v) is 3.45. The molecular formula is C12H14N2O3. The van der Waals surface area contributed by atoms with Crippen LogP contribution in [0.5, 0.6) is 5.75 Å². The minimum Gasteiger partial charge on any atom is -0.495 e. The van der Waals surface area contributed by atoms with E-state index in [4.69, 9.17) is 15.1 Å². The Morgan fingerprint density at radius 3 is 2.94 bits per heavy atom. The summed E-state index contributed by atoms with van der Waals surface area (Å²) in [6.07, 6.45) is 0.671. The van der Waals surface area contributed by atoms with Gasteiger partial charge in [0.05, 0.1) is 24.4 Å². The maximum absolute atomic E-state index is 10.3. The van der Waals surface area contributed by atoms with Gasteiger partial charge in [0.1, 0.15) is 5.75 Å². The summed E-state index contributed by atoms with van der Waals surface area (Å²) < 4.78 is 5.14. The Morgan fingerprint density at radius 2 is 2.35 bits per heavy atom. The minimum atomic E-state index is -0.807. The summed E-state index contributed by atoms with van der Waals surface area (Å²) in [7, 11) is 1.53. The van der Waals surface area contributed by atoms with Crippen molar-refractivity contribution in [1.29, 1.82) is 5.26 Å². The van der Waals surface area contributed by atoms with Gasteiger partial charge in [-0.1, -0.05) is 0 Å². The lowest BCUT2D eigenvalue weighted by molar-refractivity contribution is -0.137. The first kappa shape index (κ1) is 12.8. The number of hydrogen-bond donors (Lipinski definition) is 2. The van der Waals surface area contributed by atoms with Crippen LogP contribution < -0.4 is 10.1 Å². The first-order chi connectivity index (χ1) is 8.17. The van der Waals surface area contributed by atoms with Crippen LogP contribution in [0.15, 0.2) is 18.2 Å². The van der Waals surface area contributed by atoms with Crippen molar-refractivity contribution in [3.8, 4) is 11.8 Å². The largest absolute Gasteiger partial charge is 0.495 e. The van der Waals surface area contributed by atoms with Crippen LogP contribution in [0.3, 0.4) is 0 Å². The minimum absolute atomic E-state index is 0.131. The number of hydrogen-bond acceptors (Lipinski definition) is 4. The third-order valence-electron chi connectivity index (χ3n) is 2.21. The lowest BCUT2D eigenvalue weighted by atomic mass is 10.2. The number of aliphatic carboxylic acids is 1. The molecule has 0 saturated heterocycles. The van der Waals surface area contributed by atoms with Crippen LogP contribution in [0.25, 0.3) is 0 Å². The van der Waals surface area contributed by atoms with Gasteiger partial charge in [0, 0.05) is 19.0 Å². The first-order valence-electron chi connectivity index (χ1n) is 5.21. The Balaban J connectivity index is 2.59. The summed E-state index contributed by atoms with van der Waals surface area (Å²) in [5, 5.41) is 20.3. The summed E-state index contributed by atoms with van der Waals surface area (Å²) in [5.41, 5.74) is 1.29. The molecule has 0 aliphatic heterocycles. The molecule has 0 bridgehead atoms. The van der Waals surface area contributed by atoms with Crippen LogP contribution in [0, 0.1) is 11.3 Å². The Hall–Kier alpha value is -2.22. The average molecular weight is 234 g/mol. The van der Waals surface area contributed by atoms with Crippen molar-refractivity contribution >= 4 is 11.7 Å². The summed E-state index contributed by atoms with van der Waals surface area (Å²) in [4.78, 5) is 10.3. The van der Waals surface area contributed by atoms with E-state index in [-0.39, 0.29) is 6.42 Å². The number of carboxylic acid groups (broad SMARTS) is 1. The third-order valence-corrected chi connectivity index (χ3v) is 2.21. The maximum Gasteiger partial charge on any atom is 0.303 e. The van der Waals surface area contributed by atoms with Crippen LogP contribution in [0.1, 0.15) is 18.4 Å². The lowest BCUT2D eigenvalue weighted by Crippen LogP contribution is -2.06. The highest BCUT2D eigenvalue weighted by Crippen LogP contribution is 2.25. The van der Waals surface area contributed by atoms with Gasteiger partial charge in [-0.05, 0) is 18.6 Å². The normalized spacial score (nSPS) is 9.41. The molecule has 5 heteroatoms. The van der Waals surface area contributed by atoms with E-state index in [1.807, 2.05) is 6.07 Å². The van der Waals surface area contributed by atoms with Crippen LogP contribution in [-0.2, 0) is 4.79 Å². The molecule has 0 aliphatic carbocycles. The number of methoxy groups -OCH3 is 1. The van der Waals surface area contributed by atoms with Gasteiger partial charge in [-0.15, -0.1) is 0 Å². The topological polar surface area (TPSA) is 82.3 Å². The molecule has 0 radical (unpaired) electrons. The molecule has 0 aromatic heterocycles. The highest BCUT2D eigenvalue weighted by atomic mass is 16.5. The van der Waals surface area contributed by atoms with Crippen molar-refractivity contribution in [1.82, 2.24) is 0 Å². The lowest BCUT2D eigenvalue weighted by Gasteiger charge is -2.10. The number of nitriles is 1. The molecule has 0 heterocycles. The summed E-state index contributed by atoms with van der Waals surface area (Å²) in [5.74, 6) is -0.224. The molecule has 0 aliphatic rings. The molecule has 1 aromatic carbocycles. The Morgan fingerprint density at radius 1 is 1.59 bits per heavy atom. The number of carboxylic acids is 1. The third kappa shape index (κ3) is 4.03. The molecule has 0 fully saturated rings. The molecule has 5 nitrogen and oxygen atoms in total. The Labute approximate surface area is 99.6 Å². The second kappa shape index (κ2) is 6.38. The number of anilines is 1. The number of nitrogens with zero attached hydrogens (tertiary/aromatic N) is 1. The molecule has 2 N–H and O–H groups in total. The molecule has 90 valence electrons. The van der Waals surface area contributed by atoms with Gasteiger partial charge in [0.2, 0.25) is 0 Å². The number of nitrogens with one attached hydrogen (secondary N) is 1. The fourth-order valence-corrected chi connectivity index (χ4v) is 1.37. The molecule has 0 unspecified atom stereocenters. The quantitative estimate of drug-likeness (QED) is 0.734. The van der Waals surface area contributed by atoms with E-state index in [0.717, 1.165) is 5.69 Å². The van der Waals surface area contributed by atoms with Crippen molar-refractivity contribution in [2.75, 3.05) is 19.0 Å². The molecule has 0 spiro atoms. The van der Waals surface area contributed by atoms with Crippen molar-refractivity contribution in [2.24, 2.45) is 0 Å². The van der Waals surface area contributed by atoms with Gasteiger partial charge in [-0.3, -0.25) is 4.79 Å². The Kier molecular flexibility index (Phi) is 4.82. The summed E-state index contributed by atoms with van der Waals surface area (Å²) in [6, 6.07) is 7.09. The van der Waals surface area contributed by atoms with E-state index < -0.39 is 5.97 Å². The number of carbonyl (C=O) groups is 1. The van der Waals surface area contributed by atoms with Gasteiger partial charge in [0.25, 0.3) is 0 Å². The monoisotopic (exact) mass is 234 g/mol. The molecule has 0 amide bonds. The van der Waals surface area contributed by atoms with Crippen LogP contribution in [0.2, 0.25) is 0 Å². The predicted octanol–water partition coefficient (Wildman–Crippen LogP) is 1.84. The number of ether oxygens (including phenoxy) is 1. The highest BCUT2D eigenvalue weighted by molar-refractivity contribution is 5.66. The fraction of sp³-hybridized carbons (Fsp3) is 0.333. The second-order valence-electron chi connectivity index (χ2n) is 3.45. The molecular weight excluding hydrogens is 220 g/mol. The van der Waals surface area contributed by atoms with Crippen LogP contribution >= 0.6 is 0 Å². The van der Waals surface area contributed by atoms with Gasteiger partial charge < -0.3 is 15.2 Å². The zero-order valence-corrected chi connectivity index (χ0v) is 9.56. The molecule has 17 heavy (non-hydrogen) atoms. The van der Waals surface area contributed by atoms with E-state index >= 15 is 0 Å². The van der Waals surface area contributed by atoms with E-state index in [1.54, 1.807) is 18.2 Å². The summed E-state index contributed by atoms with van der Waals surface area (Å²) >= 11 is 0. The fourth-order valence-electron chi connectivity index (χ4n) is 1.37. The SMILES string of the molecule is COc1cc(C#N)ccc1NCCCC(=O)O. The van der Waals surface area contributed by atoms with Gasteiger partial charge in [0.15, 0.2) is 0 Å². The van der Waals surface area contributed by atoms with Crippen molar-refractivity contribution < 1.29 is 14.6 Å². The van der Waals surface area contributed by atoms with Crippen LogP contribution in [-0.4, -0.2) is 24.7 Å². The van der Waals surface area contributed by atoms with Crippen molar-refractivity contribution in [2.45, 2.75) is 12.8 Å². The predicted molar refractivity (Wildman–Crippen MR) is 63.1 cm³/mol. The average Bonchev–Trinajstić information content (AvgIpc) is 2.34. The standard InChI is InChI=1S/C12H14N2O3/c1-17-11-7-9(8-13)4-5-10(11)14-6-2-3-12(15)16/h4-5,7,14H,2-3,6H2,1H3,(H,15,16). The maximum atomic E-state index is 10.3. The summed E-state index contributed by atoms with van der Waals surface area (Å²) in [6.45, 7) is 0.550. The van der Waals surface area contributed by atoms with Gasteiger partial charge in [-0.2, -0.15) is 5.26 Å². The molecule has 1 aromatic rings. The zero-order chi connectivity index (χ0) is 12.7. The number of benzene rings is 1. The van der Waals surface area contributed by atoms with E-state index in [0.29, 0.717) is 24.3 Å². The van der Waals surface area contributed by atoms with E-state index in [1.165, 1.54) is 7.11 Å². The smallest absolute Gasteiger partial charge is 0.303 e. The number of rotatable bonds is 6. The van der Waals surface area contributed by atoms with E-state index in [9.17, 15) is 4.79 Å². The molecule has 0 atom stereocenters. The molecule has 1 rings (SSSR count).